The van der Waals surface area contributed by atoms with Crippen LogP contribution in [0.2, 0.25) is 0 Å². The molecule has 0 aliphatic carbocycles. The van der Waals surface area contributed by atoms with Crippen LogP contribution in [-0.2, 0) is 6.42 Å². The number of benzene rings is 3. The Labute approximate surface area is 193 Å². The van der Waals surface area contributed by atoms with Crippen LogP contribution in [0.1, 0.15) is 18.7 Å². The third kappa shape index (κ3) is 3.64. The molecule has 170 valence electrons. The van der Waals surface area contributed by atoms with E-state index in [0.717, 1.165) is 48.6 Å². The third-order valence-corrected chi connectivity index (χ3v) is 6.89. The molecule has 0 saturated carbocycles. The minimum absolute atomic E-state index is 0.142. The highest BCUT2D eigenvalue weighted by atomic mass is 16.7. The van der Waals surface area contributed by atoms with E-state index in [9.17, 15) is 5.11 Å². The zero-order valence-electron chi connectivity index (χ0n) is 18.8. The molecular formula is C27H29N3O3. The second kappa shape index (κ2) is 8.37. The zero-order valence-corrected chi connectivity index (χ0v) is 18.8. The Balaban J connectivity index is 1.33. The molecular weight excluding hydrogens is 414 g/mol. The van der Waals surface area contributed by atoms with Crippen molar-refractivity contribution in [2.45, 2.75) is 31.7 Å². The number of aliphatic hydroxyl groups excluding tert-OH is 1. The summed E-state index contributed by atoms with van der Waals surface area (Å²) in [5.41, 5.74) is 3.55. The third-order valence-electron chi connectivity index (χ3n) is 6.89. The fraction of sp³-hybridized carbons (Fsp3) is 0.333. The number of hydrogen-bond acceptors (Lipinski definition) is 5. The van der Waals surface area contributed by atoms with Crippen molar-refractivity contribution < 1.29 is 14.6 Å². The van der Waals surface area contributed by atoms with Gasteiger partial charge in [-0.3, -0.25) is 4.90 Å². The van der Waals surface area contributed by atoms with Crippen molar-refractivity contribution in [3.8, 4) is 11.5 Å². The van der Waals surface area contributed by atoms with Crippen LogP contribution < -0.4 is 14.8 Å². The summed E-state index contributed by atoms with van der Waals surface area (Å²) in [6.07, 6.45) is 0.233. The van der Waals surface area contributed by atoms with Gasteiger partial charge in [-0.1, -0.05) is 42.5 Å². The van der Waals surface area contributed by atoms with Crippen LogP contribution in [0.25, 0.3) is 21.8 Å². The van der Waals surface area contributed by atoms with Crippen LogP contribution in [0.5, 0.6) is 11.5 Å². The first kappa shape index (κ1) is 20.5. The largest absolute Gasteiger partial charge is 0.454 e. The van der Waals surface area contributed by atoms with Crippen LogP contribution in [0.4, 0.5) is 0 Å². The van der Waals surface area contributed by atoms with E-state index >= 15 is 0 Å². The van der Waals surface area contributed by atoms with Crippen molar-refractivity contribution in [2.75, 3.05) is 26.4 Å². The van der Waals surface area contributed by atoms with Gasteiger partial charge in [0.15, 0.2) is 11.5 Å². The molecule has 1 fully saturated rings. The Bertz CT molecular complexity index is 1250. The number of hydrogen-bond donors (Lipinski definition) is 2. The number of aromatic nitrogens is 1. The molecule has 6 nitrogen and oxygen atoms in total. The highest BCUT2D eigenvalue weighted by Crippen LogP contribution is 2.35. The van der Waals surface area contributed by atoms with E-state index < -0.39 is 6.10 Å². The minimum Gasteiger partial charge on any atom is -0.454 e. The Hall–Kier alpha value is -3.06. The smallest absolute Gasteiger partial charge is 0.231 e. The van der Waals surface area contributed by atoms with Crippen LogP contribution in [-0.4, -0.2) is 53.1 Å². The predicted molar refractivity (Wildman–Crippen MR) is 130 cm³/mol. The standard InChI is InChI=1S/C27H29N3O3/c1-18(31)27(30-23-8-4-2-6-21(23)22-7-3-5-9-24(22)30)29-13-12-28-20(16-29)14-19-10-11-25-26(15-19)33-17-32-25/h2-11,15,18,20,27-28,31H,12-14,16-17H2,1H3. The molecule has 2 aliphatic heterocycles. The first-order chi connectivity index (χ1) is 16.2. The fourth-order valence-electron chi connectivity index (χ4n) is 5.50. The van der Waals surface area contributed by atoms with Gasteiger partial charge in [-0.15, -0.1) is 0 Å². The second-order valence-electron chi connectivity index (χ2n) is 9.10. The fourth-order valence-corrected chi connectivity index (χ4v) is 5.50. The first-order valence-corrected chi connectivity index (χ1v) is 11.7. The molecule has 3 atom stereocenters. The summed E-state index contributed by atoms with van der Waals surface area (Å²) >= 11 is 0. The Morgan fingerprint density at radius 2 is 1.67 bits per heavy atom. The summed E-state index contributed by atoms with van der Waals surface area (Å²) in [5.74, 6) is 1.64. The lowest BCUT2D eigenvalue weighted by Crippen LogP contribution is -2.55. The van der Waals surface area contributed by atoms with Gasteiger partial charge in [-0.25, -0.2) is 0 Å². The van der Waals surface area contributed by atoms with E-state index in [1.165, 1.54) is 16.3 Å². The Morgan fingerprint density at radius 3 is 2.39 bits per heavy atom. The van der Waals surface area contributed by atoms with Gasteiger partial charge >= 0.3 is 0 Å². The van der Waals surface area contributed by atoms with Crippen molar-refractivity contribution in [3.63, 3.8) is 0 Å². The van der Waals surface area contributed by atoms with Crippen molar-refractivity contribution in [2.24, 2.45) is 0 Å². The van der Waals surface area contributed by atoms with Gasteiger partial charge in [0.1, 0.15) is 6.17 Å². The van der Waals surface area contributed by atoms with Gasteiger partial charge in [0.05, 0.1) is 17.1 Å². The maximum Gasteiger partial charge on any atom is 0.231 e. The van der Waals surface area contributed by atoms with Crippen molar-refractivity contribution in [1.82, 2.24) is 14.8 Å². The molecule has 6 rings (SSSR count). The van der Waals surface area contributed by atoms with Crippen LogP contribution in [0, 0.1) is 0 Å². The summed E-state index contributed by atoms with van der Waals surface area (Å²) in [5, 5.41) is 17.2. The highest BCUT2D eigenvalue weighted by Gasteiger charge is 2.32. The molecule has 3 heterocycles. The molecule has 3 unspecified atom stereocenters. The average Bonchev–Trinajstić information content (AvgIpc) is 3.42. The maximum atomic E-state index is 11.0. The first-order valence-electron chi connectivity index (χ1n) is 11.7. The molecule has 0 radical (unpaired) electrons. The quantitative estimate of drug-likeness (QED) is 0.490. The predicted octanol–water partition coefficient (Wildman–Crippen LogP) is 3.92. The van der Waals surface area contributed by atoms with Gasteiger partial charge < -0.3 is 24.5 Å². The molecule has 2 N–H and O–H groups in total. The summed E-state index contributed by atoms with van der Waals surface area (Å²) in [6, 6.07) is 23.5. The van der Waals surface area contributed by atoms with E-state index in [4.69, 9.17) is 9.47 Å². The number of ether oxygens (including phenoxy) is 2. The number of piperazine rings is 1. The Kier molecular flexibility index (Phi) is 5.21. The van der Waals surface area contributed by atoms with E-state index in [0.29, 0.717) is 6.79 Å². The number of nitrogens with one attached hydrogen (secondary N) is 1. The number of fused-ring (bicyclic) bond motifs is 4. The molecule has 1 aromatic heterocycles. The van der Waals surface area contributed by atoms with Gasteiger partial charge in [0, 0.05) is 36.4 Å². The summed E-state index contributed by atoms with van der Waals surface area (Å²) in [4.78, 5) is 2.43. The van der Waals surface area contributed by atoms with Crippen molar-refractivity contribution >= 4 is 21.8 Å². The van der Waals surface area contributed by atoms with Gasteiger partial charge in [-0.2, -0.15) is 0 Å². The topological polar surface area (TPSA) is 58.9 Å². The monoisotopic (exact) mass is 443 g/mol. The molecule has 1 saturated heterocycles. The summed E-state index contributed by atoms with van der Waals surface area (Å²) < 4.78 is 13.3. The number of aliphatic hydroxyl groups is 1. The highest BCUT2D eigenvalue weighted by molar-refractivity contribution is 6.08. The van der Waals surface area contributed by atoms with E-state index in [1.54, 1.807) is 0 Å². The SMILES string of the molecule is CC(O)C(N1CCNC(Cc2ccc3c(c2)OCO3)C1)n1c2ccccc2c2ccccc21. The lowest BCUT2D eigenvalue weighted by atomic mass is 10.0. The Morgan fingerprint density at radius 1 is 0.970 bits per heavy atom. The minimum atomic E-state index is -0.520. The molecule has 0 amide bonds. The number of para-hydroxylation sites is 2. The summed E-state index contributed by atoms with van der Waals surface area (Å²) in [6.45, 7) is 4.82. The molecule has 0 spiro atoms. The van der Waals surface area contributed by atoms with E-state index in [-0.39, 0.29) is 12.2 Å². The van der Waals surface area contributed by atoms with Gasteiger partial charge in [0.2, 0.25) is 6.79 Å². The van der Waals surface area contributed by atoms with Crippen LogP contribution in [0.15, 0.2) is 66.7 Å². The number of nitrogens with zero attached hydrogens (tertiary/aromatic N) is 2. The molecule has 4 aromatic rings. The van der Waals surface area contributed by atoms with Crippen molar-refractivity contribution in [1.29, 1.82) is 0 Å². The summed E-state index contributed by atoms with van der Waals surface area (Å²) in [7, 11) is 0. The van der Waals surface area contributed by atoms with Crippen molar-refractivity contribution in [3.05, 3.63) is 72.3 Å². The average molecular weight is 444 g/mol. The zero-order chi connectivity index (χ0) is 22.4. The number of rotatable bonds is 5. The molecule has 0 bridgehead atoms. The molecule has 3 aromatic carbocycles. The van der Waals surface area contributed by atoms with Crippen LogP contribution >= 0.6 is 0 Å². The van der Waals surface area contributed by atoms with Crippen LogP contribution in [0.3, 0.4) is 0 Å². The lowest BCUT2D eigenvalue weighted by molar-refractivity contribution is 0.00679. The second-order valence-corrected chi connectivity index (χ2v) is 9.10. The lowest BCUT2D eigenvalue weighted by Gasteiger charge is -2.41. The molecule has 2 aliphatic rings. The van der Waals surface area contributed by atoms with Gasteiger partial charge in [-0.05, 0) is 43.2 Å². The molecule has 6 heteroatoms. The van der Waals surface area contributed by atoms with E-state index in [2.05, 4.69) is 75.4 Å². The maximum absolute atomic E-state index is 11.0. The van der Waals surface area contributed by atoms with E-state index in [1.807, 2.05) is 13.0 Å². The van der Waals surface area contributed by atoms with Gasteiger partial charge in [0.25, 0.3) is 0 Å². The molecule has 33 heavy (non-hydrogen) atoms. The normalized spacial score (nSPS) is 20.4.